The van der Waals surface area contributed by atoms with Crippen LogP contribution in [0.15, 0.2) is 47.6 Å². The second kappa shape index (κ2) is 6.74. The number of hydrogen-bond donors (Lipinski definition) is 0. The van der Waals surface area contributed by atoms with Crippen LogP contribution >= 0.6 is 0 Å². The monoisotopic (exact) mass is 349 g/mol. The third-order valence-electron chi connectivity index (χ3n) is 4.11. The molecule has 1 aromatic heterocycles. The molecule has 1 aliphatic heterocycles. The fourth-order valence-electron chi connectivity index (χ4n) is 2.86. The Balaban J connectivity index is 1.92. The van der Waals surface area contributed by atoms with E-state index in [4.69, 9.17) is 4.74 Å². The molecule has 2 heterocycles. The van der Waals surface area contributed by atoms with Crippen LogP contribution in [0.3, 0.4) is 0 Å². The number of piperidine rings is 1. The summed E-state index contributed by atoms with van der Waals surface area (Å²) >= 11 is 0. The van der Waals surface area contributed by atoms with Crippen molar-refractivity contribution in [1.82, 2.24) is 14.1 Å². The third-order valence-corrected chi connectivity index (χ3v) is 5.97. The molecule has 1 fully saturated rings. The molecule has 1 unspecified atom stereocenters. The Morgan fingerprint density at radius 1 is 1.25 bits per heavy atom. The zero-order valence-electron chi connectivity index (χ0n) is 13.3. The Morgan fingerprint density at radius 2 is 2.00 bits per heavy atom. The van der Waals surface area contributed by atoms with Gasteiger partial charge >= 0.3 is 5.97 Å². The number of para-hydroxylation sites is 1. The van der Waals surface area contributed by atoms with Gasteiger partial charge in [-0.3, -0.25) is 4.79 Å². The lowest BCUT2D eigenvalue weighted by molar-refractivity contribution is -0.146. The molecule has 8 heteroatoms. The minimum absolute atomic E-state index is 0.0714. The predicted octanol–water partition coefficient (Wildman–Crippen LogP) is 1.59. The molecule has 1 saturated heterocycles. The van der Waals surface area contributed by atoms with E-state index >= 15 is 0 Å². The molecular weight excluding hydrogens is 330 g/mol. The van der Waals surface area contributed by atoms with Crippen molar-refractivity contribution in [2.24, 2.45) is 0 Å². The third kappa shape index (κ3) is 3.07. The largest absolute Gasteiger partial charge is 0.468 e. The molecule has 7 nitrogen and oxygen atoms in total. The summed E-state index contributed by atoms with van der Waals surface area (Å²) in [5.74, 6) is -0.520. The van der Waals surface area contributed by atoms with Crippen LogP contribution in [0.2, 0.25) is 0 Å². The number of methoxy groups -OCH3 is 1. The van der Waals surface area contributed by atoms with Gasteiger partial charge in [-0.2, -0.15) is 9.40 Å². The Hall–Kier alpha value is -2.19. The quantitative estimate of drug-likeness (QED) is 0.783. The lowest BCUT2D eigenvalue weighted by Gasteiger charge is -2.32. The Kier molecular flexibility index (Phi) is 4.68. The number of esters is 1. The molecule has 0 radical (unpaired) electrons. The Labute approximate surface area is 140 Å². The highest BCUT2D eigenvalue weighted by molar-refractivity contribution is 7.89. The first kappa shape index (κ1) is 16.7. The summed E-state index contributed by atoms with van der Waals surface area (Å²) in [6.45, 7) is 0.304. The summed E-state index contributed by atoms with van der Waals surface area (Å²) in [4.78, 5) is 12.0. The van der Waals surface area contributed by atoms with Gasteiger partial charge in [-0.25, -0.2) is 13.1 Å². The second-order valence-corrected chi connectivity index (χ2v) is 7.50. The molecule has 0 aliphatic carbocycles. The van der Waals surface area contributed by atoms with E-state index in [0.29, 0.717) is 13.0 Å². The normalized spacial score (nSPS) is 19.1. The topological polar surface area (TPSA) is 81.5 Å². The van der Waals surface area contributed by atoms with Gasteiger partial charge in [-0.05, 0) is 31.4 Å². The number of carbonyl (C=O) groups excluding carboxylic acids is 1. The van der Waals surface area contributed by atoms with Crippen molar-refractivity contribution in [3.8, 4) is 5.69 Å². The van der Waals surface area contributed by atoms with Gasteiger partial charge in [0.2, 0.25) is 10.0 Å². The molecule has 0 bridgehead atoms. The van der Waals surface area contributed by atoms with Gasteiger partial charge in [0.05, 0.1) is 25.2 Å². The molecule has 24 heavy (non-hydrogen) atoms. The first-order valence-electron chi connectivity index (χ1n) is 7.74. The predicted molar refractivity (Wildman–Crippen MR) is 87.1 cm³/mol. The molecule has 128 valence electrons. The SMILES string of the molecule is COC(=O)C1CCCCN1S(=O)(=O)c1cnn(-c2ccccc2)c1. The number of ether oxygens (including phenoxy) is 1. The van der Waals surface area contributed by atoms with Crippen molar-refractivity contribution in [3.05, 3.63) is 42.7 Å². The van der Waals surface area contributed by atoms with Crippen molar-refractivity contribution in [2.45, 2.75) is 30.2 Å². The first-order chi connectivity index (χ1) is 11.5. The summed E-state index contributed by atoms with van der Waals surface area (Å²) in [7, 11) is -2.53. The smallest absolute Gasteiger partial charge is 0.324 e. The highest BCUT2D eigenvalue weighted by Gasteiger charge is 2.38. The van der Waals surface area contributed by atoms with Gasteiger partial charge in [0.1, 0.15) is 10.9 Å². The van der Waals surface area contributed by atoms with E-state index in [-0.39, 0.29) is 4.90 Å². The van der Waals surface area contributed by atoms with E-state index in [0.717, 1.165) is 18.5 Å². The van der Waals surface area contributed by atoms with Crippen LogP contribution in [0.25, 0.3) is 5.69 Å². The van der Waals surface area contributed by atoms with Gasteiger partial charge in [-0.15, -0.1) is 0 Å². The first-order valence-corrected chi connectivity index (χ1v) is 9.18. The summed E-state index contributed by atoms with van der Waals surface area (Å²) in [6, 6.07) is 8.48. The van der Waals surface area contributed by atoms with E-state index in [1.807, 2.05) is 30.3 Å². The second-order valence-electron chi connectivity index (χ2n) is 5.61. The van der Waals surface area contributed by atoms with E-state index in [1.165, 1.54) is 28.5 Å². The van der Waals surface area contributed by atoms with Crippen molar-refractivity contribution >= 4 is 16.0 Å². The molecule has 2 aromatic rings. The minimum Gasteiger partial charge on any atom is -0.468 e. The van der Waals surface area contributed by atoms with Gasteiger partial charge in [0.25, 0.3) is 0 Å². The van der Waals surface area contributed by atoms with E-state index in [9.17, 15) is 13.2 Å². The molecule has 0 saturated carbocycles. The molecule has 0 spiro atoms. The van der Waals surface area contributed by atoms with Crippen LogP contribution in [-0.2, 0) is 19.6 Å². The van der Waals surface area contributed by atoms with E-state index in [1.54, 1.807) is 0 Å². The Morgan fingerprint density at radius 3 is 2.71 bits per heavy atom. The molecular formula is C16H19N3O4S. The number of carbonyl (C=O) groups is 1. The maximum Gasteiger partial charge on any atom is 0.324 e. The molecule has 1 aromatic carbocycles. The molecule has 0 N–H and O–H groups in total. The van der Waals surface area contributed by atoms with Crippen LogP contribution < -0.4 is 0 Å². The number of rotatable bonds is 4. The number of benzene rings is 1. The van der Waals surface area contributed by atoms with E-state index in [2.05, 4.69) is 5.10 Å². The van der Waals surface area contributed by atoms with Crippen molar-refractivity contribution < 1.29 is 17.9 Å². The fraction of sp³-hybridized carbons (Fsp3) is 0.375. The van der Waals surface area contributed by atoms with Gasteiger partial charge in [0.15, 0.2) is 0 Å². The Bertz CT molecular complexity index is 817. The lowest BCUT2D eigenvalue weighted by atomic mass is 10.1. The summed E-state index contributed by atoms with van der Waals surface area (Å²) < 4.78 is 33.3. The van der Waals surface area contributed by atoms with E-state index < -0.39 is 22.0 Å². The maximum atomic E-state index is 12.9. The summed E-state index contributed by atoms with van der Waals surface area (Å²) in [6.07, 6.45) is 4.77. The summed E-state index contributed by atoms with van der Waals surface area (Å²) in [5.41, 5.74) is 0.766. The van der Waals surface area contributed by atoms with Gasteiger partial charge in [-0.1, -0.05) is 18.2 Å². The van der Waals surface area contributed by atoms with Crippen LogP contribution in [0.1, 0.15) is 19.3 Å². The average molecular weight is 349 g/mol. The van der Waals surface area contributed by atoms with Crippen LogP contribution in [-0.4, -0.2) is 48.2 Å². The molecule has 1 aliphatic rings. The fourth-order valence-corrected chi connectivity index (χ4v) is 4.44. The standard InChI is InChI=1S/C16H19N3O4S/c1-23-16(20)15-9-5-6-10-19(15)24(21,22)14-11-17-18(12-14)13-7-3-2-4-8-13/h2-4,7-8,11-12,15H,5-6,9-10H2,1H3. The molecule has 0 amide bonds. The average Bonchev–Trinajstić information content (AvgIpc) is 3.13. The number of aromatic nitrogens is 2. The zero-order valence-corrected chi connectivity index (χ0v) is 14.1. The molecule has 1 atom stereocenters. The van der Waals surface area contributed by atoms with Crippen LogP contribution in [0.4, 0.5) is 0 Å². The number of nitrogens with zero attached hydrogens (tertiary/aromatic N) is 3. The number of hydrogen-bond acceptors (Lipinski definition) is 5. The zero-order chi connectivity index (χ0) is 17.2. The summed E-state index contributed by atoms with van der Waals surface area (Å²) in [5, 5.41) is 4.13. The van der Waals surface area contributed by atoms with Gasteiger partial charge < -0.3 is 4.74 Å². The van der Waals surface area contributed by atoms with Crippen molar-refractivity contribution in [3.63, 3.8) is 0 Å². The van der Waals surface area contributed by atoms with Crippen LogP contribution in [0, 0.1) is 0 Å². The number of sulfonamides is 1. The molecule has 3 rings (SSSR count). The minimum atomic E-state index is -3.80. The highest BCUT2D eigenvalue weighted by Crippen LogP contribution is 2.26. The lowest BCUT2D eigenvalue weighted by Crippen LogP contribution is -2.48. The van der Waals surface area contributed by atoms with Crippen molar-refractivity contribution in [2.75, 3.05) is 13.7 Å². The van der Waals surface area contributed by atoms with Crippen molar-refractivity contribution in [1.29, 1.82) is 0 Å². The highest BCUT2D eigenvalue weighted by atomic mass is 32.2. The van der Waals surface area contributed by atoms with Gasteiger partial charge in [0, 0.05) is 6.54 Å². The maximum absolute atomic E-state index is 12.9. The van der Waals surface area contributed by atoms with Crippen LogP contribution in [0.5, 0.6) is 0 Å².